The van der Waals surface area contributed by atoms with Crippen LogP contribution in [0.15, 0.2) is 84.3 Å². The quantitative estimate of drug-likeness (QED) is 0.361. The summed E-state index contributed by atoms with van der Waals surface area (Å²) in [5, 5.41) is 4.74. The molecule has 0 unspecified atom stereocenters. The van der Waals surface area contributed by atoms with E-state index in [0.717, 1.165) is 42.8 Å². The number of piperazine rings is 1. The lowest BCUT2D eigenvalue weighted by Crippen LogP contribution is -2.44. The van der Waals surface area contributed by atoms with E-state index < -0.39 is 0 Å². The third-order valence-electron chi connectivity index (χ3n) is 6.77. The average molecular weight is 493 g/mol. The molecule has 2 aromatic carbocycles. The molecule has 6 rings (SSSR count). The molecule has 5 aromatic rings. The van der Waals surface area contributed by atoms with Gasteiger partial charge >= 0.3 is 0 Å². The molecule has 1 aliphatic heterocycles. The zero-order valence-corrected chi connectivity index (χ0v) is 20.7. The molecule has 186 valence electrons. The first-order chi connectivity index (χ1) is 18.1. The van der Waals surface area contributed by atoms with E-state index in [1.165, 1.54) is 5.69 Å². The number of hydrogen-bond acceptors (Lipinski definition) is 7. The fourth-order valence-corrected chi connectivity index (χ4v) is 4.73. The molecule has 3 aromatic heterocycles. The van der Waals surface area contributed by atoms with Crippen LogP contribution in [0.5, 0.6) is 0 Å². The fraction of sp³-hybridized carbons (Fsp3) is 0.214. The molecule has 1 aliphatic rings. The van der Waals surface area contributed by atoms with Crippen molar-refractivity contribution in [3.05, 3.63) is 89.9 Å². The highest BCUT2D eigenvalue weighted by atomic mass is 16.1. The topological polar surface area (TPSA) is 84.1 Å². The minimum atomic E-state index is -0.187. The highest BCUT2D eigenvalue weighted by Crippen LogP contribution is 2.23. The Morgan fingerprint density at radius 2 is 1.76 bits per heavy atom. The van der Waals surface area contributed by atoms with Crippen molar-refractivity contribution >= 4 is 39.3 Å². The monoisotopic (exact) mass is 492 g/mol. The van der Waals surface area contributed by atoms with Crippen LogP contribution in [0.2, 0.25) is 0 Å². The van der Waals surface area contributed by atoms with E-state index in [1.807, 2.05) is 48.5 Å². The highest BCUT2D eigenvalue weighted by Gasteiger charge is 2.18. The van der Waals surface area contributed by atoms with Gasteiger partial charge in [0, 0.05) is 49.1 Å². The molecular weight excluding hydrogens is 464 g/mol. The largest absolute Gasteiger partial charge is 0.369 e. The number of rotatable bonds is 6. The number of allylic oxidation sites excluding steroid dienone is 1. The van der Waals surface area contributed by atoms with Crippen LogP contribution in [-0.2, 0) is 6.54 Å². The Morgan fingerprint density at radius 3 is 2.54 bits per heavy atom. The number of likely N-dealkylation sites (N-methyl/N-ethyl adjacent to an activating group) is 1. The smallest absolute Gasteiger partial charge is 0.278 e. The van der Waals surface area contributed by atoms with Gasteiger partial charge in [-0.05, 0) is 49.5 Å². The van der Waals surface area contributed by atoms with E-state index in [9.17, 15) is 4.79 Å². The van der Waals surface area contributed by atoms with E-state index >= 15 is 0 Å². The summed E-state index contributed by atoms with van der Waals surface area (Å²) in [7, 11) is 2.16. The van der Waals surface area contributed by atoms with Crippen LogP contribution in [0.4, 0.5) is 17.3 Å². The average Bonchev–Trinajstić information content (AvgIpc) is 3.20. The number of hydrogen-bond donors (Lipinski definition) is 1. The molecule has 1 saturated heterocycles. The van der Waals surface area contributed by atoms with Gasteiger partial charge in [0.2, 0.25) is 5.95 Å². The Bertz CT molecular complexity index is 1650. The molecule has 37 heavy (non-hydrogen) atoms. The molecule has 0 radical (unpaired) electrons. The Balaban J connectivity index is 1.36. The van der Waals surface area contributed by atoms with Crippen molar-refractivity contribution in [1.29, 1.82) is 0 Å². The van der Waals surface area contributed by atoms with E-state index in [2.05, 4.69) is 45.9 Å². The molecular formula is C28H28N8O. The van der Waals surface area contributed by atoms with E-state index in [4.69, 9.17) is 9.97 Å². The van der Waals surface area contributed by atoms with Gasteiger partial charge in [-0.1, -0.05) is 24.3 Å². The maximum absolute atomic E-state index is 13.2. The van der Waals surface area contributed by atoms with Crippen LogP contribution in [-0.4, -0.2) is 62.4 Å². The second kappa shape index (κ2) is 9.51. The van der Waals surface area contributed by atoms with Crippen LogP contribution >= 0.6 is 0 Å². The van der Waals surface area contributed by atoms with Crippen molar-refractivity contribution in [3.8, 4) is 5.82 Å². The molecule has 0 amide bonds. The number of pyridine rings is 1. The third kappa shape index (κ3) is 4.34. The first kappa shape index (κ1) is 22.9. The van der Waals surface area contributed by atoms with Crippen LogP contribution in [0.1, 0.15) is 0 Å². The van der Waals surface area contributed by atoms with Crippen molar-refractivity contribution < 1.29 is 0 Å². The molecule has 0 atom stereocenters. The predicted octanol–water partition coefficient (Wildman–Crippen LogP) is 3.81. The number of nitrogens with one attached hydrogen (secondary N) is 1. The summed E-state index contributed by atoms with van der Waals surface area (Å²) in [6.45, 7) is 8.30. The summed E-state index contributed by atoms with van der Waals surface area (Å²) in [6, 6.07) is 20.1. The Kier molecular flexibility index (Phi) is 5.90. The van der Waals surface area contributed by atoms with Crippen LogP contribution in [0, 0.1) is 0 Å². The Hall–Kier alpha value is -4.50. The SMILES string of the molecule is C=CCn1c(=O)c2cnc(Nc3ccc(N4CCN(C)CC4)cc3)nc2n1-c1ccc2ccccc2n1. The summed E-state index contributed by atoms with van der Waals surface area (Å²) in [4.78, 5) is 31.9. The predicted molar refractivity (Wildman–Crippen MR) is 148 cm³/mol. The normalized spacial score (nSPS) is 14.4. The fourth-order valence-electron chi connectivity index (χ4n) is 4.73. The number of aromatic nitrogens is 5. The van der Waals surface area contributed by atoms with E-state index in [1.54, 1.807) is 21.6 Å². The zero-order chi connectivity index (χ0) is 25.4. The van der Waals surface area contributed by atoms with Gasteiger partial charge < -0.3 is 15.1 Å². The van der Waals surface area contributed by atoms with Gasteiger partial charge in [-0.15, -0.1) is 6.58 Å². The Morgan fingerprint density at radius 1 is 0.973 bits per heavy atom. The molecule has 9 heteroatoms. The maximum Gasteiger partial charge on any atom is 0.278 e. The van der Waals surface area contributed by atoms with Crippen LogP contribution in [0.3, 0.4) is 0 Å². The van der Waals surface area contributed by atoms with Gasteiger partial charge in [-0.25, -0.2) is 19.3 Å². The van der Waals surface area contributed by atoms with Crippen molar-refractivity contribution in [2.75, 3.05) is 43.4 Å². The molecule has 9 nitrogen and oxygen atoms in total. The lowest BCUT2D eigenvalue weighted by Gasteiger charge is -2.34. The third-order valence-corrected chi connectivity index (χ3v) is 6.77. The lowest BCUT2D eigenvalue weighted by molar-refractivity contribution is 0.313. The second-order valence-corrected chi connectivity index (χ2v) is 9.24. The number of nitrogens with zero attached hydrogens (tertiary/aromatic N) is 7. The molecule has 1 N–H and O–H groups in total. The minimum Gasteiger partial charge on any atom is -0.369 e. The molecule has 0 saturated carbocycles. The molecule has 0 spiro atoms. The number of fused-ring (bicyclic) bond motifs is 2. The molecule has 1 fully saturated rings. The van der Waals surface area contributed by atoms with Gasteiger partial charge in [0.05, 0.1) is 12.1 Å². The molecule has 0 aliphatic carbocycles. The van der Waals surface area contributed by atoms with Crippen LogP contribution < -0.4 is 15.8 Å². The van der Waals surface area contributed by atoms with Crippen molar-refractivity contribution in [2.24, 2.45) is 0 Å². The molecule has 0 bridgehead atoms. The van der Waals surface area contributed by atoms with Crippen LogP contribution in [0.25, 0.3) is 27.8 Å². The Labute approximate surface area is 214 Å². The first-order valence-corrected chi connectivity index (χ1v) is 12.4. The zero-order valence-electron chi connectivity index (χ0n) is 20.7. The molecule has 4 heterocycles. The van der Waals surface area contributed by atoms with E-state index in [-0.39, 0.29) is 5.56 Å². The first-order valence-electron chi connectivity index (χ1n) is 12.4. The number of benzene rings is 2. The maximum atomic E-state index is 13.2. The van der Waals surface area contributed by atoms with Crippen molar-refractivity contribution in [2.45, 2.75) is 6.54 Å². The van der Waals surface area contributed by atoms with Crippen molar-refractivity contribution in [1.82, 2.24) is 29.2 Å². The second-order valence-electron chi connectivity index (χ2n) is 9.24. The number of para-hydroxylation sites is 1. The number of anilines is 3. The van der Waals surface area contributed by atoms with E-state index in [0.29, 0.717) is 29.3 Å². The van der Waals surface area contributed by atoms with Crippen molar-refractivity contribution in [3.63, 3.8) is 0 Å². The highest BCUT2D eigenvalue weighted by molar-refractivity contribution is 5.81. The van der Waals surface area contributed by atoms with Gasteiger partial charge in [-0.2, -0.15) is 4.98 Å². The van der Waals surface area contributed by atoms with Gasteiger partial charge in [0.15, 0.2) is 11.5 Å². The summed E-state index contributed by atoms with van der Waals surface area (Å²) in [5.74, 6) is 1.01. The van der Waals surface area contributed by atoms with Gasteiger partial charge in [0.1, 0.15) is 5.39 Å². The van der Waals surface area contributed by atoms with Gasteiger partial charge in [-0.3, -0.25) is 4.79 Å². The summed E-state index contributed by atoms with van der Waals surface area (Å²) in [6.07, 6.45) is 3.26. The minimum absolute atomic E-state index is 0.187. The summed E-state index contributed by atoms with van der Waals surface area (Å²) in [5.41, 5.74) is 3.22. The standard InChI is InChI=1S/C28H28N8O/c1-3-14-35-27(37)23-19-29-28(30-21-9-11-22(12-10-21)34-17-15-33(2)16-18-34)32-26(23)36(35)25-13-8-20-6-4-5-7-24(20)31-25/h3-13,19H,1,14-18H2,2H3,(H,29,30,32). The van der Waals surface area contributed by atoms with Gasteiger partial charge in [0.25, 0.3) is 5.56 Å². The summed E-state index contributed by atoms with van der Waals surface area (Å²) < 4.78 is 3.33. The lowest BCUT2D eigenvalue weighted by atomic mass is 10.2. The summed E-state index contributed by atoms with van der Waals surface area (Å²) >= 11 is 0.